The van der Waals surface area contributed by atoms with Crippen molar-refractivity contribution in [1.82, 2.24) is 5.32 Å². The van der Waals surface area contributed by atoms with Crippen molar-refractivity contribution in [2.24, 2.45) is 11.3 Å². The van der Waals surface area contributed by atoms with Gasteiger partial charge >= 0.3 is 0 Å². The van der Waals surface area contributed by atoms with Crippen molar-refractivity contribution < 1.29 is 4.74 Å². The third-order valence-corrected chi connectivity index (χ3v) is 4.98. The minimum absolute atomic E-state index is 0.413. The van der Waals surface area contributed by atoms with Crippen molar-refractivity contribution in [3.63, 3.8) is 0 Å². The molecule has 20 heavy (non-hydrogen) atoms. The Balaban J connectivity index is 1.64. The summed E-state index contributed by atoms with van der Waals surface area (Å²) in [5.41, 5.74) is 3.23. The van der Waals surface area contributed by atoms with Gasteiger partial charge in [-0.1, -0.05) is 36.8 Å². The molecule has 1 aromatic carbocycles. The lowest BCUT2D eigenvalue weighted by molar-refractivity contribution is 0.0225. The molecule has 0 bridgehead atoms. The molecule has 1 atom stereocenters. The number of benzene rings is 1. The second-order valence-electron chi connectivity index (χ2n) is 7.03. The van der Waals surface area contributed by atoms with Gasteiger partial charge in [0.2, 0.25) is 0 Å². The van der Waals surface area contributed by atoms with Crippen LogP contribution in [0.5, 0.6) is 0 Å². The molecule has 1 unspecified atom stereocenters. The van der Waals surface area contributed by atoms with Crippen molar-refractivity contribution in [3.8, 4) is 0 Å². The van der Waals surface area contributed by atoms with Crippen LogP contribution in [0.15, 0.2) is 24.3 Å². The fraction of sp³-hybridized carbons (Fsp3) is 0.667. The molecule has 1 saturated carbocycles. The van der Waals surface area contributed by atoms with Crippen LogP contribution in [0.4, 0.5) is 0 Å². The average Bonchev–Trinajstić information content (AvgIpc) is 3.26. The highest BCUT2D eigenvalue weighted by Crippen LogP contribution is 2.42. The zero-order valence-corrected chi connectivity index (χ0v) is 12.8. The normalized spacial score (nSPS) is 23.5. The first kappa shape index (κ1) is 14.1. The molecule has 1 aromatic rings. The van der Waals surface area contributed by atoms with Gasteiger partial charge in [-0.05, 0) is 49.5 Å². The molecule has 3 rings (SSSR count). The van der Waals surface area contributed by atoms with Crippen LogP contribution < -0.4 is 5.32 Å². The molecule has 2 nitrogen and oxygen atoms in total. The third-order valence-electron chi connectivity index (χ3n) is 4.98. The van der Waals surface area contributed by atoms with E-state index in [0.29, 0.717) is 11.5 Å². The molecule has 1 saturated heterocycles. The van der Waals surface area contributed by atoms with Crippen molar-refractivity contribution in [1.29, 1.82) is 0 Å². The lowest BCUT2D eigenvalue weighted by atomic mass is 9.82. The highest BCUT2D eigenvalue weighted by Gasteiger charge is 2.34. The van der Waals surface area contributed by atoms with Crippen LogP contribution in [0.2, 0.25) is 0 Å². The predicted octanol–water partition coefficient (Wildman–Crippen LogP) is 3.85. The number of ether oxygens (including phenoxy) is 1. The summed E-state index contributed by atoms with van der Waals surface area (Å²) >= 11 is 0. The van der Waals surface area contributed by atoms with E-state index in [0.717, 1.165) is 25.7 Å². The largest absolute Gasteiger partial charge is 0.381 e. The number of hydrogen-bond acceptors (Lipinski definition) is 2. The number of hydrogen-bond donors (Lipinski definition) is 1. The maximum Gasteiger partial charge on any atom is 0.0471 e. The summed E-state index contributed by atoms with van der Waals surface area (Å²) in [6, 6.07) is 9.63. The van der Waals surface area contributed by atoms with E-state index in [2.05, 4.69) is 43.4 Å². The monoisotopic (exact) mass is 273 g/mol. The minimum atomic E-state index is 0.413. The number of aryl methyl sites for hydroxylation is 1. The van der Waals surface area contributed by atoms with Gasteiger partial charge < -0.3 is 10.1 Å². The molecule has 1 heterocycles. The molecule has 1 aliphatic carbocycles. The molecule has 1 N–H and O–H groups in total. The van der Waals surface area contributed by atoms with Gasteiger partial charge in [-0.15, -0.1) is 0 Å². The average molecular weight is 273 g/mol. The smallest absolute Gasteiger partial charge is 0.0471 e. The predicted molar refractivity (Wildman–Crippen MR) is 82.8 cm³/mol. The van der Waals surface area contributed by atoms with Gasteiger partial charge in [-0.25, -0.2) is 0 Å². The van der Waals surface area contributed by atoms with Crippen LogP contribution in [0, 0.1) is 18.3 Å². The molecule has 0 aromatic heterocycles. The van der Waals surface area contributed by atoms with Crippen molar-refractivity contribution in [3.05, 3.63) is 35.4 Å². The molecular formula is C18H27NO. The summed E-state index contributed by atoms with van der Waals surface area (Å²) in [6.45, 7) is 7.53. The van der Waals surface area contributed by atoms with Crippen LogP contribution >= 0.6 is 0 Å². The summed E-state index contributed by atoms with van der Waals surface area (Å²) in [5.74, 6) is 0.848. The van der Waals surface area contributed by atoms with Gasteiger partial charge in [-0.3, -0.25) is 0 Å². The summed E-state index contributed by atoms with van der Waals surface area (Å²) in [6.07, 6.45) is 5.13. The van der Waals surface area contributed by atoms with E-state index >= 15 is 0 Å². The Morgan fingerprint density at radius 2 is 1.85 bits per heavy atom. The highest BCUT2D eigenvalue weighted by molar-refractivity contribution is 5.25. The quantitative estimate of drug-likeness (QED) is 0.879. The molecule has 2 aliphatic rings. The third kappa shape index (κ3) is 3.42. The van der Waals surface area contributed by atoms with Gasteiger partial charge in [0.05, 0.1) is 0 Å². The Bertz CT molecular complexity index is 429. The topological polar surface area (TPSA) is 21.3 Å². The summed E-state index contributed by atoms with van der Waals surface area (Å²) in [7, 11) is 0. The van der Waals surface area contributed by atoms with E-state index in [4.69, 9.17) is 4.74 Å². The van der Waals surface area contributed by atoms with E-state index in [1.54, 1.807) is 0 Å². The molecule has 0 radical (unpaired) electrons. The number of rotatable bonds is 5. The molecular weight excluding hydrogens is 246 g/mol. The Morgan fingerprint density at radius 3 is 2.45 bits per heavy atom. The summed E-state index contributed by atoms with van der Waals surface area (Å²) in [4.78, 5) is 0. The lowest BCUT2D eigenvalue weighted by Gasteiger charge is -2.35. The highest BCUT2D eigenvalue weighted by atomic mass is 16.5. The molecule has 2 heteroatoms. The van der Waals surface area contributed by atoms with Gasteiger partial charge in [0, 0.05) is 25.8 Å². The van der Waals surface area contributed by atoms with E-state index in [1.807, 2.05) is 0 Å². The zero-order valence-electron chi connectivity index (χ0n) is 12.8. The van der Waals surface area contributed by atoms with Crippen LogP contribution in [-0.4, -0.2) is 19.8 Å². The second-order valence-corrected chi connectivity index (χ2v) is 7.03. The standard InChI is InChI=1S/C18H27NO/c1-14-3-5-15(6-4-14)17(16-7-8-16)19-13-18(2)9-11-20-12-10-18/h3-6,16-17,19H,7-13H2,1-2H3. The van der Waals surface area contributed by atoms with Crippen molar-refractivity contribution >= 4 is 0 Å². The Morgan fingerprint density at radius 1 is 1.20 bits per heavy atom. The molecule has 0 spiro atoms. The molecule has 1 aliphatic heterocycles. The minimum Gasteiger partial charge on any atom is -0.381 e. The van der Waals surface area contributed by atoms with Crippen LogP contribution in [0.1, 0.15) is 49.8 Å². The lowest BCUT2D eigenvalue weighted by Crippen LogP contribution is -2.38. The van der Waals surface area contributed by atoms with Gasteiger partial charge in [-0.2, -0.15) is 0 Å². The maximum atomic E-state index is 5.50. The molecule has 110 valence electrons. The first-order chi connectivity index (χ1) is 9.66. The van der Waals surface area contributed by atoms with Gasteiger partial charge in [0.25, 0.3) is 0 Å². The van der Waals surface area contributed by atoms with Crippen molar-refractivity contribution in [2.45, 2.75) is 45.6 Å². The van der Waals surface area contributed by atoms with E-state index in [1.165, 1.54) is 36.8 Å². The zero-order chi connectivity index (χ0) is 14.0. The van der Waals surface area contributed by atoms with Gasteiger partial charge in [0.1, 0.15) is 0 Å². The summed E-state index contributed by atoms with van der Waals surface area (Å²) < 4.78 is 5.50. The van der Waals surface area contributed by atoms with Crippen molar-refractivity contribution in [2.75, 3.05) is 19.8 Å². The first-order valence-corrected chi connectivity index (χ1v) is 8.04. The maximum absolute atomic E-state index is 5.50. The van der Waals surface area contributed by atoms with E-state index in [9.17, 15) is 0 Å². The Kier molecular flexibility index (Phi) is 4.13. The Labute approximate surface area is 122 Å². The summed E-state index contributed by atoms with van der Waals surface area (Å²) in [5, 5.41) is 3.87. The first-order valence-electron chi connectivity index (χ1n) is 8.04. The SMILES string of the molecule is Cc1ccc(C(NCC2(C)CCOCC2)C2CC2)cc1. The van der Waals surface area contributed by atoms with E-state index < -0.39 is 0 Å². The molecule has 2 fully saturated rings. The number of nitrogens with one attached hydrogen (secondary N) is 1. The second kappa shape index (κ2) is 5.87. The Hall–Kier alpha value is -0.860. The molecule has 0 amide bonds. The van der Waals surface area contributed by atoms with E-state index in [-0.39, 0.29) is 0 Å². The fourth-order valence-corrected chi connectivity index (χ4v) is 3.16. The van der Waals surface area contributed by atoms with Gasteiger partial charge in [0.15, 0.2) is 0 Å². The van der Waals surface area contributed by atoms with Crippen LogP contribution in [0.3, 0.4) is 0 Å². The fourth-order valence-electron chi connectivity index (χ4n) is 3.16. The van der Waals surface area contributed by atoms with Crippen LogP contribution in [-0.2, 0) is 4.74 Å². The van der Waals surface area contributed by atoms with Crippen LogP contribution in [0.25, 0.3) is 0 Å².